The van der Waals surface area contributed by atoms with Gasteiger partial charge in [0, 0.05) is 12.7 Å². The van der Waals surface area contributed by atoms with E-state index < -0.39 is 0 Å². The predicted molar refractivity (Wildman–Crippen MR) is 90.2 cm³/mol. The van der Waals surface area contributed by atoms with E-state index in [9.17, 15) is 9.90 Å². The van der Waals surface area contributed by atoms with E-state index in [-0.39, 0.29) is 12.1 Å². The van der Waals surface area contributed by atoms with E-state index in [1.807, 2.05) is 6.07 Å². The van der Waals surface area contributed by atoms with Crippen LogP contribution in [0.2, 0.25) is 0 Å². The summed E-state index contributed by atoms with van der Waals surface area (Å²) < 4.78 is 10.5. The summed E-state index contributed by atoms with van der Waals surface area (Å²) in [6.45, 7) is 2.88. The highest BCUT2D eigenvalue weighted by Crippen LogP contribution is 2.32. The lowest BCUT2D eigenvalue weighted by atomic mass is 9.81. The summed E-state index contributed by atoms with van der Waals surface area (Å²) in [5, 5.41) is 10.4. The lowest BCUT2D eigenvalue weighted by Crippen LogP contribution is -2.57. The zero-order valence-corrected chi connectivity index (χ0v) is 13.9. The van der Waals surface area contributed by atoms with Gasteiger partial charge in [-0.05, 0) is 50.0 Å². The number of carbonyl (C=O) groups is 1. The van der Waals surface area contributed by atoms with E-state index in [0.717, 1.165) is 37.8 Å². The fourth-order valence-electron chi connectivity index (χ4n) is 3.43. The van der Waals surface area contributed by atoms with Crippen LogP contribution in [0.5, 0.6) is 5.75 Å². The molecule has 1 N–H and O–H groups in total. The molecule has 0 saturated carbocycles. The molecule has 1 aromatic rings. The lowest BCUT2D eigenvalue weighted by Gasteiger charge is -2.46. The van der Waals surface area contributed by atoms with Gasteiger partial charge in [0.15, 0.2) is 6.29 Å². The van der Waals surface area contributed by atoms with Crippen molar-refractivity contribution in [2.75, 3.05) is 33.4 Å². The van der Waals surface area contributed by atoms with Crippen LogP contribution in [0.4, 0.5) is 0 Å². The molecule has 3 aliphatic rings. The Morgan fingerprint density at radius 2 is 2.12 bits per heavy atom. The Labute approximate surface area is 142 Å². The van der Waals surface area contributed by atoms with Crippen molar-refractivity contribution in [3.05, 3.63) is 29.3 Å². The number of nitrogens with zero attached hydrogens (tertiary/aromatic N) is 1. The summed E-state index contributed by atoms with van der Waals surface area (Å²) in [6, 6.07) is 5.22. The average Bonchev–Trinajstić information content (AvgIpc) is 2.63. The van der Waals surface area contributed by atoms with Gasteiger partial charge in [-0.1, -0.05) is 11.8 Å². The van der Waals surface area contributed by atoms with Gasteiger partial charge in [-0.25, -0.2) is 0 Å². The molecule has 0 amide bonds. The first-order valence-electron chi connectivity index (χ1n) is 8.37. The third kappa shape index (κ3) is 3.62. The Morgan fingerprint density at radius 3 is 2.79 bits per heavy atom. The molecule has 3 fully saturated rings. The molecule has 0 spiro atoms. The molecule has 5 heteroatoms. The zero-order valence-electron chi connectivity index (χ0n) is 13.9. The number of aldehydes is 1. The Kier molecular flexibility index (Phi) is 5.52. The maximum Gasteiger partial charge on any atom is 0.153 e. The van der Waals surface area contributed by atoms with Crippen LogP contribution in [0.15, 0.2) is 18.2 Å². The first kappa shape index (κ1) is 17.0. The van der Waals surface area contributed by atoms with Crippen LogP contribution >= 0.6 is 0 Å². The lowest BCUT2D eigenvalue weighted by molar-refractivity contribution is -0.0500. The summed E-state index contributed by atoms with van der Waals surface area (Å²) in [5.74, 6) is 7.21. The summed E-state index contributed by atoms with van der Waals surface area (Å²) in [6.07, 6.45) is 2.51. The van der Waals surface area contributed by atoms with E-state index in [2.05, 4.69) is 16.7 Å². The largest absolute Gasteiger partial charge is 0.490 e. The Bertz CT molecular complexity index is 639. The molecule has 0 aliphatic carbocycles. The monoisotopic (exact) mass is 329 g/mol. The van der Waals surface area contributed by atoms with Gasteiger partial charge < -0.3 is 14.6 Å². The van der Waals surface area contributed by atoms with Crippen LogP contribution in [0.25, 0.3) is 0 Å². The van der Waals surface area contributed by atoms with E-state index in [4.69, 9.17) is 9.47 Å². The van der Waals surface area contributed by atoms with E-state index in [1.54, 1.807) is 19.2 Å². The average molecular weight is 329 g/mol. The van der Waals surface area contributed by atoms with Gasteiger partial charge in [-0.3, -0.25) is 9.69 Å². The molecular formula is C19H23NO4. The van der Waals surface area contributed by atoms with Gasteiger partial charge >= 0.3 is 0 Å². The molecule has 0 radical (unpaired) electrons. The maximum atomic E-state index is 11.3. The van der Waals surface area contributed by atoms with Gasteiger partial charge in [0.05, 0.1) is 24.3 Å². The van der Waals surface area contributed by atoms with E-state index in [1.165, 1.54) is 0 Å². The van der Waals surface area contributed by atoms with Crippen LogP contribution in [0.3, 0.4) is 0 Å². The Morgan fingerprint density at radius 1 is 1.33 bits per heavy atom. The van der Waals surface area contributed by atoms with Crippen molar-refractivity contribution in [3.63, 3.8) is 0 Å². The van der Waals surface area contributed by atoms with Crippen LogP contribution in [-0.4, -0.2) is 61.9 Å². The summed E-state index contributed by atoms with van der Waals surface area (Å²) in [4.78, 5) is 13.5. The number of hydrogen-bond donors (Lipinski definition) is 1. The SMILES string of the molecule is COCCOc1ccc(C#CC2C(O)C3CCN2CC3)cc1C=O. The summed E-state index contributed by atoms with van der Waals surface area (Å²) in [7, 11) is 1.60. The number of aliphatic hydroxyl groups is 1. The Hall–Kier alpha value is -1.87. The third-order valence-electron chi connectivity index (χ3n) is 4.82. The molecule has 4 rings (SSSR count). The number of fused-ring (bicyclic) bond motifs is 3. The first-order chi connectivity index (χ1) is 11.7. The molecule has 5 nitrogen and oxygen atoms in total. The molecule has 3 saturated heterocycles. The third-order valence-corrected chi connectivity index (χ3v) is 4.82. The normalized spacial score (nSPS) is 28.1. The number of methoxy groups -OCH3 is 1. The molecule has 3 aliphatic heterocycles. The molecule has 2 bridgehead atoms. The van der Waals surface area contributed by atoms with Gasteiger partial charge in [0.1, 0.15) is 12.4 Å². The predicted octanol–water partition coefficient (Wildman–Crippen LogP) is 1.33. The minimum Gasteiger partial charge on any atom is -0.490 e. The summed E-state index contributed by atoms with van der Waals surface area (Å²) in [5.41, 5.74) is 1.23. The van der Waals surface area contributed by atoms with Crippen molar-refractivity contribution in [2.24, 2.45) is 5.92 Å². The Balaban J connectivity index is 1.73. The number of ether oxygens (including phenoxy) is 2. The highest BCUT2D eigenvalue weighted by molar-refractivity contribution is 5.80. The quantitative estimate of drug-likeness (QED) is 0.502. The van der Waals surface area contributed by atoms with Crippen molar-refractivity contribution >= 4 is 6.29 Å². The fourth-order valence-corrected chi connectivity index (χ4v) is 3.43. The molecule has 1 aromatic carbocycles. The highest BCUT2D eigenvalue weighted by atomic mass is 16.5. The van der Waals surface area contributed by atoms with Crippen molar-refractivity contribution in [1.29, 1.82) is 0 Å². The van der Waals surface area contributed by atoms with Gasteiger partial charge in [0.25, 0.3) is 0 Å². The van der Waals surface area contributed by atoms with Crippen molar-refractivity contribution in [3.8, 4) is 17.6 Å². The molecule has 128 valence electrons. The van der Waals surface area contributed by atoms with Gasteiger partial charge in [-0.15, -0.1) is 0 Å². The number of hydrogen-bond acceptors (Lipinski definition) is 5. The van der Waals surface area contributed by atoms with Crippen molar-refractivity contribution in [2.45, 2.75) is 25.0 Å². The van der Waals surface area contributed by atoms with Crippen LogP contribution in [-0.2, 0) is 4.74 Å². The molecule has 0 aromatic heterocycles. The minimum absolute atomic E-state index is 0.102. The second-order valence-electron chi connectivity index (χ2n) is 6.29. The van der Waals surface area contributed by atoms with Crippen LogP contribution < -0.4 is 4.74 Å². The number of benzene rings is 1. The van der Waals surface area contributed by atoms with Crippen LogP contribution in [0, 0.1) is 17.8 Å². The fraction of sp³-hybridized carbons (Fsp3) is 0.526. The van der Waals surface area contributed by atoms with Crippen molar-refractivity contribution in [1.82, 2.24) is 4.90 Å². The number of piperidine rings is 3. The molecular weight excluding hydrogens is 306 g/mol. The molecule has 24 heavy (non-hydrogen) atoms. The van der Waals surface area contributed by atoms with Crippen LogP contribution in [0.1, 0.15) is 28.8 Å². The maximum absolute atomic E-state index is 11.3. The summed E-state index contributed by atoms with van der Waals surface area (Å²) >= 11 is 0. The van der Waals surface area contributed by atoms with Gasteiger partial charge in [0.2, 0.25) is 0 Å². The zero-order chi connectivity index (χ0) is 16.9. The molecule has 2 atom stereocenters. The highest BCUT2D eigenvalue weighted by Gasteiger charge is 2.40. The van der Waals surface area contributed by atoms with Gasteiger partial charge in [-0.2, -0.15) is 0 Å². The van der Waals surface area contributed by atoms with E-state index >= 15 is 0 Å². The second-order valence-corrected chi connectivity index (χ2v) is 6.29. The standard InChI is InChI=1S/C19H23NO4/c1-23-10-11-24-18-5-3-14(12-16(18)13-21)2-4-17-19(22)15-6-8-20(17)9-7-15/h3,5,12-13,15,17,19,22H,6-11H2,1H3. The smallest absolute Gasteiger partial charge is 0.153 e. The number of carbonyl (C=O) groups excluding carboxylic acids is 1. The second kappa shape index (κ2) is 7.80. The first-order valence-corrected chi connectivity index (χ1v) is 8.37. The number of rotatable bonds is 5. The van der Waals surface area contributed by atoms with E-state index in [0.29, 0.717) is 30.4 Å². The minimum atomic E-state index is -0.373. The number of aliphatic hydroxyl groups excluding tert-OH is 1. The van der Waals surface area contributed by atoms with Crippen molar-refractivity contribution < 1.29 is 19.4 Å². The molecule has 2 unspecified atom stereocenters. The molecule has 3 heterocycles. The topological polar surface area (TPSA) is 59.0 Å².